The van der Waals surface area contributed by atoms with Gasteiger partial charge in [0, 0.05) is 30.2 Å². The van der Waals surface area contributed by atoms with E-state index in [9.17, 15) is 4.79 Å². The molecule has 0 aliphatic heterocycles. The summed E-state index contributed by atoms with van der Waals surface area (Å²) in [7, 11) is 1.95. The summed E-state index contributed by atoms with van der Waals surface area (Å²) in [6, 6.07) is 5.25. The molecule has 5 nitrogen and oxygen atoms in total. The Balaban J connectivity index is 1.72. The zero-order valence-electron chi connectivity index (χ0n) is 13.3. The Morgan fingerprint density at radius 1 is 1.48 bits per heavy atom. The summed E-state index contributed by atoms with van der Waals surface area (Å²) in [6.45, 7) is 2.04. The first-order valence-corrected chi connectivity index (χ1v) is 8.29. The summed E-state index contributed by atoms with van der Waals surface area (Å²) in [5, 5.41) is 6.69. The standard InChI is InChI=1S/C17H21ClN4O/c1-3-11-10-13(18)6-7-14(11)20-17(23)21-15(12-4-5-12)16-19-8-9-22(16)2/h6-10,12,15H,3-5H2,1-2H3,(H2,20,21,23). The SMILES string of the molecule is CCc1cc(Cl)ccc1NC(=O)NC(c1nccn1C)C1CC1. The molecule has 1 saturated carbocycles. The van der Waals surface area contributed by atoms with Gasteiger partial charge in [-0.05, 0) is 48.9 Å². The zero-order chi connectivity index (χ0) is 16.4. The lowest BCUT2D eigenvalue weighted by atomic mass is 10.1. The largest absolute Gasteiger partial charge is 0.336 e. The van der Waals surface area contributed by atoms with Crippen LogP contribution in [0.15, 0.2) is 30.6 Å². The van der Waals surface area contributed by atoms with Crippen molar-refractivity contribution in [3.05, 3.63) is 47.0 Å². The maximum atomic E-state index is 12.4. The fourth-order valence-corrected chi connectivity index (χ4v) is 2.97. The molecular weight excluding hydrogens is 312 g/mol. The summed E-state index contributed by atoms with van der Waals surface area (Å²) in [5.74, 6) is 1.37. The second kappa shape index (κ2) is 6.62. The van der Waals surface area contributed by atoms with Crippen LogP contribution in [0.4, 0.5) is 10.5 Å². The first-order chi connectivity index (χ1) is 11.1. The second-order valence-electron chi connectivity index (χ2n) is 5.96. The van der Waals surface area contributed by atoms with Crippen LogP contribution in [0.5, 0.6) is 0 Å². The van der Waals surface area contributed by atoms with E-state index in [1.807, 2.05) is 36.9 Å². The molecule has 1 heterocycles. The Morgan fingerprint density at radius 2 is 2.26 bits per heavy atom. The predicted octanol–water partition coefficient (Wildman–Crippen LogP) is 3.91. The number of carbonyl (C=O) groups is 1. The number of hydrogen-bond acceptors (Lipinski definition) is 2. The van der Waals surface area contributed by atoms with Gasteiger partial charge in [0.25, 0.3) is 0 Å². The number of amides is 2. The molecule has 2 N–H and O–H groups in total. The van der Waals surface area contributed by atoms with Crippen LogP contribution in [0.2, 0.25) is 5.02 Å². The van der Waals surface area contributed by atoms with Crippen molar-refractivity contribution in [2.24, 2.45) is 13.0 Å². The molecule has 3 rings (SSSR count). The smallest absolute Gasteiger partial charge is 0.319 e. The minimum atomic E-state index is -0.207. The number of imidazole rings is 1. The molecule has 1 fully saturated rings. The van der Waals surface area contributed by atoms with Crippen molar-refractivity contribution in [2.45, 2.75) is 32.2 Å². The molecule has 1 atom stereocenters. The van der Waals surface area contributed by atoms with Gasteiger partial charge in [0.1, 0.15) is 5.82 Å². The van der Waals surface area contributed by atoms with Gasteiger partial charge in [0.15, 0.2) is 0 Å². The Hall–Kier alpha value is -2.01. The number of hydrogen-bond donors (Lipinski definition) is 2. The van der Waals surface area contributed by atoms with Gasteiger partial charge >= 0.3 is 6.03 Å². The van der Waals surface area contributed by atoms with Gasteiger partial charge in [0.2, 0.25) is 0 Å². The van der Waals surface area contributed by atoms with Crippen molar-refractivity contribution < 1.29 is 4.79 Å². The topological polar surface area (TPSA) is 59.0 Å². The second-order valence-corrected chi connectivity index (χ2v) is 6.40. The lowest BCUT2D eigenvalue weighted by molar-refractivity contribution is 0.246. The van der Waals surface area contributed by atoms with Crippen LogP contribution in [-0.4, -0.2) is 15.6 Å². The van der Waals surface area contributed by atoms with Crippen LogP contribution < -0.4 is 10.6 Å². The summed E-state index contributed by atoms with van der Waals surface area (Å²) < 4.78 is 1.96. The van der Waals surface area contributed by atoms with Gasteiger partial charge in [0.05, 0.1) is 6.04 Å². The first-order valence-electron chi connectivity index (χ1n) is 7.91. The van der Waals surface area contributed by atoms with Crippen LogP contribution in [0.1, 0.15) is 37.2 Å². The summed E-state index contributed by atoms with van der Waals surface area (Å²) in [6.07, 6.45) is 6.72. The molecule has 1 aromatic carbocycles. The van der Waals surface area contributed by atoms with Gasteiger partial charge < -0.3 is 15.2 Å². The molecule has 2 aromatic rings. The highest BCUT2D eigenvalue weighted by atomic mass is 35.5. The summed E-state index contributed by atoms with van der Waals surface area (Å²) in [5.41, 5.74) is 1.82. The number of aryl methyl sites for hydroxylation is 2. The molecule has 0 bridgehead atoms. The number of carbonyl (C=O) groups excluding carboxylic acids is 1. The average molecular weight is 333 g/mol. The minimum Gasteiger partial charge on any atom is -0.336 e. The average Bonchev–Trinajstić information content (AvgIpc) is 3.28. The van der Waals surface area contributed by atoms with Gasteiger partial charge in [-0.2, -0.15) is 0 Å². The Labute approximate surface area is 141 Å². The summed E-state index contributed by atoms with van der Waals surface area (Å²) >= 11 is 6.01. The summed E-state index contributed by atoms with van der Waals surface area (Å²) in [4.78, 5) is 16.8. The number of anilines is 1. The number of benzene rings is 1. The Morgan fingerprint density at radius 3 is 2.87 bits per heavy atom. The number of nitrogens with one attached hydrogen (secondary N) is 2. The molecule has 6 heteroatoms. The molecule has 1 aliphatic carbocycles. The number of urea groups is 1. The molecule has 2 amide bonds. The molecule has 122 valence electrons. The molecule has 0 spiro atoms. The van der Waals surface area contributed by atoms with Gasteiger partial charge in [-0.15, -0.1) is 0 Å². The lowest BCUT2D eigenvalue weighted by Gasteiger charge is -2.19. The van der Waals surface area contributed by atoms with Gasteiger partial charge in [-0.1, -0.05) is 18.5 Å². The highest BCUT2D eigenvalue weighted by molar-refractivity contribution is 6.30. The maximum Gasteiger partial charge on any atom is 0.319 e. The molecule has 0 radical (unpaired) electrons. The highest BCUT2D eigenvalue weighted by Gasteiger charge is 2.35. The quantitative estimate of drug-likeness (QED) is 0.872. The van der Waals surface area contributed by atoms with Crippen LogP contribution in [0, 0.1) is 5.92 Å². The van der Waals surface area contributed by atoms with E-state index in [1.54, 1.807) is 12.3 Å². The Kier molecular flexibility index (Phi) is 4.57. The van der Waals surface area contributed by atoms with Crippen LogP contribution in [0.3, 0.4) is 0 Å². The van der Waals surface area contributed by atoms with E-state index >= 15 is 0 Å². The van der Waals surface area contributed by atoms with E-state index in [1.165, 1.54) is 0 Å². The number of halogens is 1. The fraction of sp³-hybridized carbons (Fsp3) is 0.412. The number of rotatable bonds is 5. The molecule has 1 aliphatic rings. The molecule has 1 aromatic heterocycles. The Bertz CT molecular complexity index is 708. The van der Waals surface area contributed by atoms with Gasteiger partial charge in [-0.3, -0.25) is 0 Å². The first kappa shape index (κ1) is 15.9. The third-order valence-electron chi connectivity index (χ3n) is 4.21. The third-order valence-corrected chi connectivity index (χ3v) is 4.45. The van der Waals surface area contributed by atoms with Crippen molar-refractivity contribution in [1.82, 2.24) is 14.9 Å². The van der Waals surface area contributed by atoms with Crippen LogP contribution in [0.25, 0.3) is 0 Å². The highest BCUT2D eigenvalue weighted by Crippen LogP contribution is 2.40. The monoisotopic (exact) mass is 332 g/mol. The van der Waals surface area contributed by atoms with Crippen molar-refractivity contribution in [1.29, 1.82) is 0 Å². The third kappa shape index (κ3) is 3.67. The molecule has 23 heavy (non-hydrogen) atoms. The van der Waals surface area contributed by atoms with E-state index < -0.39 is 0 Å². The normalized spacial score (nSPS) is 15.3. The van der Waals surface area contributed by atoms with Crippen molar-refractivity contribution in [3.63, 3.8) is 0 Å². The molecule has 0 saturated heterocycles. The van der Waals surface area contributed by atoms with Crippen LogP contribution >= 0.6 is 11.6 Å². The number of nitrogens with zero attached hydrogens (tertiary/aromatic N) is 2. The molecular formula is C17H21ClN4O. The van der Waals surface area contributed by atoms with Crippen molar-refractivity contribution in [3.8, 4) is 0 Å². The fourth-order valence-electron chi connectivity index (χ4n) is 2.78. The number of aromatic nitrogens is 2. The van der Waals surface area contributed by atoms with E-state index in [2.05, 4.69) is 15.6 Å². The zero-order valence-corrected chi connectivity index (χ0v) is 14.1. The lowest BCUT2D eigenvalue weighted by Crippen LogP contribution is -2.35. The molecule has 1 unspecified atom stereocenters. The van der Waals surface area contributed by atoms with Crippen molar-refractivity contribution >= 4 is 23.3 Å². The minimum absolute atomic E-state index is 0.0487. The van der Waals surface area contributed by atoms with Crippen LogP contribution in [-0.2, 0) is 13.5 Å². The van der Waals surface area contributed by atoms with E-state index in [0.717, 1.165) is 36.3 Å². The van der Waals surface area contributed by atoms with E-state index in [4.69, 9.17) is 11.6 Å². The predicted molar refractivity (Wildman–Crippen MR) is 91.7 cm³/mol. The van der Waals surface area contributed by atoms with Crippen molar-refractivity contribution in [2.75, 3.05) is 5.32 Å². The maximum absolute atomic E-state index is 12.4. The van der Waals surface area contributed by atoms with E-state index in [-0.39, 0.29) is 12.1 Å². The van der Waals surface area contributed by atoms with Gasteiger partial charge in [-0.25, -0.2) is 9.78 Å². The van der Waals surface area contributed by atoms with E-state index in [0.29, 0.717) is 10.9 Å².